The van der Waals surface area contributed by atoms with Crippen molar-refractivity contribution in [2.24, 2.45) is 4.99 Å². The van der Waals surface area contributed by atoms with Gasteiger partial charge < -0.3 is 4.74 Å². The Kier molecular flexibility index (Phi) is 2.15. The van der Waals surface area contributed by atoms with Crippen molar-refractivity contribution in [1.29, 1.82) is 0 Å². The highest BCUT2D eigenvalue weighted by Crippen LogP contribution is 2.24. The maximum atomic E-state index is 12.8. The number of nitrogens with zero attached hydrogens (tertiary/aromatic N) is 1. The van der Waals surface area contributed by atoms with Crippen LogP contribution in [0.2, 0.25) is 0 Å². The Morgan fingerprint density at radius 1 is 1.21 bits per heavy atom. The predicted octanol–water partition coefficient (Wildman–Crippen LogP) is 2.20. The van der Waals surface area contributed by atoms with Crippen molar-refractivity contribution >= 4 is 6.40 Å². The molecule has 2 rings (SSSR count). The quantitative estimate of drug-likeness (QED) is 0.638. The number of rotatable bonds is 1. The number of aliphatic imine (C=N–C) groups is 1. The molecule has 74 valence electrons. The molecule has 0 aliphatic carbocycles. The number of benzene rings is 1. The molecule has 1 aromatic rings. The van der Waals surface area contributed by atoms with Gasteiger partial charge in [0.15, 0.2) is 23.9 Å². The molecule has 1 unspecified atom stereocenters. The average Bonchev–Trinajstić information content (AvgIpc) is 2.66. The van der Waals surface area contributed by atoms with Crippen molar-refractivity contribution in [3.8, 4) is 0 Å². The summed E-state index contributed by atoms with van der Waals surface area (Å²) in [6.07, 6.45) is 1.21. The molecule has 0 spiro atoms. The minimum Gasteiger partial charge on any atom is -0.481 e. The van der Waals surface area contributed by atoms with E-state index in [0.717, 1.165) is 12.1 Å². The summed E-state index contributed by atoms with van der Waals surface area (Å²) in [5, 5.41) is 0. The van der Waals surface area contributed by atoms with Gasteiger partial charge in [0.25, 0.3) is 0 Å². The molecule has 0 aromatic heterocycles. The van der Waals surface area contributed by atoms with Crippen LogP contribution in [0.1, 0.15) is 11.6 Å². The number of hydrogen-bond donors (Lipinski definition) is 0. The molecule has 1 aliphatic rings. The highest BCUT2D eigenvalue weighted by Gasteiger charge is 2.19. The Morgan fingerprint density at radius 3 is 2.36 bits per heavy atom. The van der Waals surface area contributed by atoms with Crippen molar-refractivity contribution in [1.82, 2.24) is 0 Å². The SMILES string of the molecule is Fc1cc(C2COC=N2)cc(F)c1F. The van der Waals surface area contributed by atoms with E-state index in [-0.39, 0.29) is 12.2 Å². The van der Waals surface area contributed by atoms with Gasteiger partial charge >= 0.3 is 0 Å². The van der Waals surface area contributed by atoms with Crippen molar-refractivity contribution in [2.75, 3.05) is 6.61 Å². The van der Waals surface area contributed by atoms with Crippen LogP contribution in [0.3, 0.4) is 0 Å². The average molecular weight is 201 g/mol. The maximum absolute atomic E-state index is 12.8. The molecule has 0 amide bonds. The van der Waals surface area contributed by atoms with E-state index >= 15 is 0 Å². The summed E-state index contributed by atoms with van der Waals surface area (Å²) in [6, 6.07) is 1.41. The molecule has 1 aliphatic heterocycles. The standard InChI is InChI=1S/C9H6F3NO/c10-6-1-5(2-7(11)9(6)12)8-3-14-4-13-8/h1-2,4,8H,3H2. The molecule has 1 heterocycles. The van der Waals surface area contributed by atoms with Crippen LogP contribution in [0, 0.1) is 17.5 Å². The summed E-state index contributed by atoms with van der Waals surface area (Å²) in [5.74, 6) is -3.87. The second-order valence-corrected chi connectivity index (χ2v) is 2.90. The third-order valence-electron chi connectivity index (χ3n) is 1.96. The fraction of sp³-hybridized carbons (Fsp3) is 0.222. The van der Waals surface area contributed by atoms with E-state index in [9.17, 15) is 13.2 Å². The van der Waals surface area contributed by atoms with E-state index in [1.165, 1.54) is 6.40 Å². The van der Waals surface area contributed by atoms with E-state index in [4.69, 9.17) is 4.74 Å². The highest BCUT2D eigenvalue weighted by molar-refractivity contribution is 5.50. The fourth-order valence-corrected chi connectivity index (χ4v) is 1.24. The van der Waals surface area contributed by atoms with Gasteiger partial charge in [-0.05, 0) is 17.7 Å². The summed E-state index contributed by atoms with van der Waals surface area (Å²) in [4.78, 5) is 3.81. The monoisotopic (exact) mass is 201 g/mol. The topological polar surface area (TPSA) is 21.6 Å². The second-order valence-electron chi connectivity index (χ2n) is 2.90. The fourth-order valence-electron chi connectivity index (χ4n) is 1.24. The van der Waals surface area contributed by atoms with Gasteiger partial charge in [-0.3, -0.25) is 0 Å². The van der Waals surface area contributed by atoms with E-state index in [2.05, 4.69) is 4.99 Å². The summed E-state index contributed by atoms with van der Waals surface area (Å²) < 4.78 is 42.9. The van der Waals surface area contributed by atoms with Crippen LogP contribution in [-0.2, 0) is 4.74 Å². The predicted molar refractivity (Wildman–Crippen MR) is 43.5 cm³/mol. The molecule has 0 fully saturated rings. The second kappa shape index (κ2) is 3.32. The Bertz CT molecular complexity index is 369. The zero-order valence-electron chi connectivity index (χ0n) is 7.01. The molecule has 2 nitrogen and oxygen atoms in total. The van der Waals surface area contributed by atoms with E-state index in [1.807, 2.05) is 0 Å². The summed E-state index contributed by atoms with van der Waals surface area (Å²) in [7, 11) is 0. The molecule has 0 N–H and O–H groups in total. The summed E-state index contributed by atoms with van der Waals surface area (Å²) >= 11 is 0. The number of hydrogen-bond acceptors (Lipinski definition) is 2. The number of ether oxygens (including phenoxy) is 1. The third-order valence-corrected chi connectivity index (χ3v) is 1.96. The molecule has 0 radical (unpaired) electrons. The first kappa shape index (κ1) is 9.05. The van der Waals surface area contributed by atoms with E-state index in [0.29, 0.717) is 0 Å². The number of halogens is 3. The van der Waals surface area contributed by atoms with Crippen molar-refractivity contribution in [2.45, 2.75) is 6.04 Å². The Balaban J connectivity index is 2.39. The minimum atomic E-state index is -1.46. The van der Waals surface area contributed by atoms with E-state index in [1.54, 1.807) is 0 Å². The molecule has 1 aromatic carbocycles. The Labute approximate surface area is 78.0 Å². The zero-order chi connectivity index (χ0) is 10.1. The highest BCUT2D eigenvalue weighted by atomic mass is 19.2. The lowest BCUT2D eigenvalue weighted by Gasteiger charge is -2.06. The first-order valence-electron chi connectivity index (χ1n) is 3.96. The van der Waals surface area contributed by atoms with Gasteiger partial charge in [0.1, 0.15) is 12.6 Å². The van der Waals surface area contributed by atoms with Crippen molar-refractivity contribution < 1.29 is 17.9 Å². The molecule has 14 heavy (non-hydrogen) atoms. The van der Waals surface area contributed by atoms with Crippen molar-refractivity contribution in [3.63, 3.8) is 0 Å². The third kappa shape index (κ3) is 1.45. The first-order valence-corrected chi connectivity index (χ1v) is 3.96. The smallest absolute Gasteiger partial charge is 0.194 e. The summed E-state index contributed by atoms with van der Waals surface area (Å²) in [5.41, 5.74) is 0.273. The molecular formula is C9H6F3NO. The molecule has 5 heteroatoms. The van der Waals surface area contributed by atoms with E-state index < -0.39 is 23.5 Å². The normalized spacial score (nSPS) is 19.8. The minimum absolute atomic E-state index is 0.227. The molecule has 0 saturated carbocycles. The van der Waals surface area contributed by atoms with Gasteiger partial charge in [-0.1, -0.05) is 0 Å². The van der Waals surface area contributed by atoms with Gasteiger partial charge in [0.05, 0.1) is 0 Å². The first-order chi connectivity index (χ1) is 6.68. The van der Waals surface area contributed by atoms with Crippen molar-refractivity contribution in [3.05, 3.63) is 35.1 Å². The van der Waals surface area contributed by atoms with Crippen LogP contribution < -0.4 is 0 Å². The van der Waals surface area contributed by atoms with Crippen LogP contribution >= 0.6 is 0 Å². The van der Waals surface area contributed by atoms with Gasteiger partial charge in [0, 0.05) is 0 Å². The van der Waals surface area contributed by atoms with Gasteiger partial charge in [0.2, 0.25) is 0 Å². The molecule has 1 atom stereocenters. The lowest BCUT2D eigenvalue weighted by Crippen LogP contribution is -2.01. The van der Waals surface area contributed by atoms with Gasteiger partial charge in [-0.2, -0.15) is 0 Å². The van der Waals surface area contributed by atoms with Crippen LogP contribution in [0.4, 0.5) is 13.2 Å². The van der Waals surface area contributed by atoms with Crippen LogP contribution in [0.15, 0.2) is 17.1 Å². The van der Waals surface area contributed by atoms with Crippen LogP contribution in [0.25, 0.3) is 0 Å². The lowest BCUT2D eigenvalue weighted by molar-refractivity contribution is 0.329. The van der Waals surface area contributed by atoms with Crippen LogP contribution in [-0.4, -0.2) is 13.0 Å². The molecule has 0 saturated heterocycles. The summed E-state index contributed by atoms with van der Waals surface area (Å²) in [6.45, 7) is 0.227. The van der Waals surface area contributed by atoms with Gasteiger partial charge in [-0.15, -0.1) is 0 Å². The Hall–Kier alpha value is -1.52. The largest absolute Gasteiger partial charge is 0.481 e. The lowest BCUT2D eigenvalue weighted by atomic mass is 10.1. The van der Waals surface area contributed by atoms with Crippen LogP contribution in [0.5, 0.6) is 0 Å². The zero-order valence-corrected chi connectivity index (χ0v) is 7.01. The maximum Gasteiger partial charge on any atom is 0.194 e. The Morgan fingerprint density at radius 2 is 1.86 bits per heavy atom. The molecule has 0 bridgehead atoms. The molecular weight excluding hydrogens is 195 g/mol. The van der Waals surface area contributed by atoms with Gasteiger partial charge in [-0.25, -0.2) is 18.2 Å².